The molecule has 0 saturated carbocycles. The van der Waals surface area contributed by atoms with Gasteiger partial charge in [-0.2, -0.15) is 0 Å². The van der Waals surface area contributed by atoms with E-state index in [0.717, 1.165) is 46.7 Å². The second-order valence-electron chi connectivity index (χ2n) is 7.68. The van der Waals surface area contributed by atoms with Crippen molar-refractivity contribution in [2.45, 2.75) is 32.6 Å². The molecule has 1 aromatic heterocycles. The van der Waals surface area contributed by atoms with Gasteiger partial charge in [0.15, 0.2) is 0 Å². The number of hydrogen-bond donors (Lipinski definition) is 1. The van der Waals surface area contributed by atoms with E-state index in [9.17, 15) is 4.79 Å². The smallest absolute Gasteiger partial charge is 0.303 e. The van der Waals surface area contributed by atoms with Gasteiger partial charge in [-0.25, -0.2) is 4.98 Å². The second kappa shape index (κ2) is 9.47. The lowest BCUT2D eigenvalue weighted by Gasteiger charge is -2.10. The van der Waals surface area contributed by atoms with Gasteiger partial charge in [-0.3, -0.25) is 9.36 Å². The van der Waals surface area contributed by atoms with E-state index < -0.39 is 5.97 Å². The number of benzene rings is 3. The number of imidazole rings is 1. The van der Waals surface area contributed by atoms with Crippen molar-refractivity contribution in [3.63, 3.8) is 0 Å². The minimum absolute atomic E-state index is 0.213. The molecular weight excluding hydrogens is 388 g/mol. The molecule has 0 aliphatic rings. The molecule has 0 unspecified atom stereocenters. The van der Waals surface area contributed by atoms with Gasteiger partial charge < -0.3 is 9.84 Å². The second-order valence-corrected chi connectivity index (χ2v) is 7.68. The fourth-order valence-electron chi connectivity index (χ4n) is 3.63. The lowest BCUT2D eigenvalue weighted by molar-refractivity contribution is -0.137. The fraction of sp³-hybridized carbons (Fsp3) is 0.231. The highest BCUT2D eigenvalue weighted by Crippen LogP contribution is 2.30. The Labute approximate surface area is 181 Å². The molecule has 0 bridgehead atoms. The lowest BCUT2D eigenvalue weighted by Crippen LogP contribution is -1.99. The van der Waals surface area contributed by atoms with Crippen LogP contribution in [0.2, 0.25) is 0 Å². The van der Waals surface area contributed by atoms with Crippen molar-refractivity contribution in [1.82, 2.24) is 9.55 Å². The average molecular weight is 415 g/mol. The summed E-state index contributed by atoms with van der Waals surface area (Å²) < 4.78 is 8.08. The molecule has 31 heavy (non-hydrogen) atoms. The van der Waals surface area contributed by atoms with E-state index in [1.807, 2.05) is 36.4 Å². The Morgan fingerprint density at radius 2 is 1.74 bits per heavy atom. The van der Waals surface area contributed by atoms with Crippen LogP contribution in [0.4, 0.5) is 0 Å². The number of nitrogens with zero attached hydrogens (tertiary/aromatic N) is 2. The Bertz CT molecular complexity index is 1160. The number of ether oxygens (including phenoxy) is 1. The van der Waals surface area contributed by atoms with Gasteiger partial charge in [-0.15, -0.1) is 0 Å². The third-order valence-electron chi connectivity index (χ3n) is 5.25. The van der Waals surface area contributed by atoms with Gasteiger partial charge in [-0.05, 0) is 50.5 Å². The van der Waals surface area contributed by atoms with Crippen LogP contribution in [0.5, 0.6) is 5.75 Å². The summed E-state index contributed by atoms with van der Waals surface area (Å²) in [5.41, 5.74) is 5.24. The normalized spacial score (nSPS) is 11.0. The Hall–Kier alpha value is -3.60. The summed E-state index contributed by atoms with van der Waals surface area (Å²) in [4.78, 5) is 15.5. The van der Waals surface area contributed by atoms with Gasteiger partial charge in [0.1, 0.15) is 11.6 Å². The minimum atomic E-state index is -0.746. The highest BCUT2D eigenvalue weighted by atomic mass is 16.5. The molecule has 1 heterocycles. The SMILES string of the molecule is Cc1ccc(-n2c(-c3ccccc3)nc3cc(OCCCCCC(=O)O)ccc32)cc1. The lowest BCUT2D eigenvalue weighted by atomic mass is 10.2. The van der Waals surface area contributed by atoms with Crippen LogP contribution in [0, 0.1) is 6.92 Å². The van der Waals surface area contributed by atoms with Crippen molar-refractivity contribution in [2.24, 2.45) is 0 Å². The highest BCUT2D eigenvalue weighted by Gasteiger charge is 2.15. The molecule has 0 saturated heterocycles. The summed E-state index contributed by atoms with van der Waals surface area (Å²) in [6.07, 6.45) is 2.57. The van der Waals surface area contributed by atoms with Crippen molar-refractivity contribution in [3.8, 4) is 22.8 Å². The summed E-state index contributed by atoms with van der Waals surface area (Å²) in [5.74, 6) is 0.925. The van der Waals surface area contributed by atoms with E-state index in [1.54, 1.807) is 0 Å². The molecule has 4 aromatic rings. The molecule has 0 aliphatic carbocycles. The van der Waals surface area contributed by atoms with E-state index in [0.29, 0.717) is 13.0 Å². The summed E-state index contributed by atoms with van der Waals surface area (Å²) in [6, 6.07) is 24.6. The quantitative estimate of drug-likeness (QED) is 0.340. The first-order chi connectivity index (χ1) is 15.1. The van der Waals surface area contributed by atoms with Crippen LogP contribution in [-0.2, 0) is 4.79 Å². The van der Waals surface area contributed by atoms with Crippen molar-refractivity contribution in [1.29, 1.82) is 0 Å². The number of carboxylic acids is 1. The number of aryl methyl sites for hydroxylation is 1. The van der Waals surface area contributed by atoms with E-state index >= 15 is 0 Å². The zero-order valence-corrected chi connectivity index (χ0v) is 17.6. The van der Waals surface area contributed by atoms with Crippen LogP contribution in [0.1, 0.15) is 31.2 Å². The summed E-state index contributed by atoms with van der Waals surface area (Å²) in [7, 11) is 0. The number of carboxylic acid groups (broad SMARTS) is 1. The molecule has 3 aromatic carbocycles. The topological polar surface area (TPSA) is 64.4 Å². The number of aliphatic carboxylic acids is 1. The molecule has 0 aliphatic heterocycles. The van der Waals surface area contributed by atoms with E-state index in [-0.39, 0.29) is 6.42 Å². The molecule has 0 fully saturated rings. The molecule has 0 atom stereocenters. The van der Waals surface area contributed by atoms with Crippen LogP contribution in [0.15, 0.2) is 72.8 Å². The monoisotopic (exact) mass is 414 g/mol. The zero-order valence-electron chi connectivity index (χ0n) is 17.6. The molecule has 0 amide bonds. The maximum absolute atomic E-state index is 10.6. The third kappa shape index (κ3) is 4.94. The minimum Gasteiger partial charge on any atom is -0.494 e. The Kier molecular flexibility index (Phi) is 6.32. The Morgan fingerprint density at radius 1 is 0.968 bits per heavy atom. The number of carbonyl (C=O) groups is 1. The first-order valence-electron chi connectivity index (χ1n) is 10.6. The van der Waals surface area contributed by atoms with E-state index in [4.69, 9.17) is 14.8 Å². The molecule has 5 heteroatoms. The molecule has 158 valence electrons. The van der Waals surface area contributed by atoms with Crippen LogP contribution < -0.4 is 4.74 Å². The molecule has 4 rings (SSSR count). The predicted molar refractivity (Wildman–Crippen MR) is 123 cm³/mol. The van der Waals surface area contributed by atoms with Gasteiger partial charge in [0.2, 0.25) is 0 Å². The Balaban J connectivity index is 1.61. The molecular formula is C26H26N2O3. The maximum atomic E-state index is 10.6. The van der Waals surface area contributed by atoms with Gasteiger partial charge in [0, 0.05) is 23.7 Å². The van der Waals surface area contributed by atoms with Crippen molar-refractivity contribution < 1.29 is 14.6 Å². The number of hydrogen-bond acceptors (Lipinski definition) is 3. The third-order valence-corrected chi connectivity index (χ3v) is 5.25. The van der Waals surface area contributed by atoms with Gasteiger partial charge >= 0.3 is 5.97 Å². The first-order valence-corrected chi connectivity index (χ1v) is 10.6. The molecule has 0 spiro atoms. The number of unbranched alkanes of at least 4 members (excludes halogenated alkanes) is 2. The van der Waals surface area contributed by atoms with Crippen LogP contribution in [0.25, 0.3) is 28.1 Å². The summed E-state index contributed by atoms with van der Waals surface area (Å²) in [6.45, 7) is 2.65. The summed E-state index contributed by atoms with van der Waals surface area (Å²) >= 11 is 0. The van der Waals surface area contributed by atoms with Gasteiger partial charge in [0.05, 0.1) is 17.6 Å². The zero-order chi connectivity index (χ0) is 21.6. The maximum Gasteiger partial charge on any atom is 0.303 e. The molecule has 0 radical (unpaired) electrons. The van der Waals surface area contributed by atoms with E-state index in [1.165, 1.54) is 5.56 Å². The molecule has 5 nitrogen and oxygen atoms in total. The van der Waals surface area contributed by atoms with Crippen molar-refractivity contribution in [2.75, 3.05) is 6.61 Å². The number of rotatable bonds is 9. The van der Waals surface area contributed by atoms with Gasteiger partial charge in [0.25, 0.3) is 0 Å². The van der Waals surface area contributed by atoms with Crippen LogP contribution >= 0.6 is 0 Å². The average Bonchev–Trinajstić information content (AvgIpc) is 3.16. The Morgan fingerprint density at radius 3 is 2.48 bits per heavy atom. The number of fused-ring (bicyclic) bond motifs is 1. The van der Waals surface area contributed by atoms with Crippen LogP contribution in [0.3, 0.4) is 0 Å². The van der Waals surface area contributed by atoms with Crippen LogP contribution in [-0.4, -0.2) is 27.2 Å². The van der Waals surface area contributed by atoms with Gasteiger partial charge in [-0.1, -0.05) is 48.0 Å². The largest absolute Gasteiger partial charge is 0.494 e. The fourth-order valence-corrected chi connectivity index (χ4v) is 3.63. The molecule has 1 N–H and O–H groups in total. The van der Waals surface area contributed by atoms with E-state index in [2.05, 4.69) is 47.9 Å². The standard InChI is InChI=1S/C26H26N2O3/c1-19-11-13-21(14-12-19)28-24-16-15-22(31-17-7-3-6-10-25(29)30)18-23(24)27-26(28)20-8-4-2-5-9-20/h2,4-5,8-9,11-16,18H,3,6-7,10,17H2,1H3,(H,29,30). The highest BCUT2D eigenvalue weighted by molar-refractivity contribution is 5.84. The number of aromatic nitrogens is 2. The van der Waals surface area contributed by atoms with Crippen molar-refractivity contribution >= 4 is 17.0 Å². The summed E-state index contributed by atoms with van der Waals surface area (Å²) in [5, 5.41) is 8.71. The first kappa shape index (κ1) is 20.7. The van der Waals surface area contributed by atoms with Crippen molar-refractivity contribution in [3.05, 3.63) is 78.4 Å². The predicted octanol–water partition coefficient (Wildman–Crippen LogP) is 6.02.